The molecule has 0 bridgehead atoms. The fraction of sp³-hybridized carbons (Fsp3) is 0.407. The van der Waals surface area contributed by atoms with Crippen molar-refractivity contribution in [2.24, 2.45) is 0 Å². The maximum atomic E-state index is 13.7. The number of nitrogens with one attached hydrogen (secondary N) is 2. The number of hydrazine groups is 1. The van der Waals surface area contributed by atoms with Crippen molar-refractivity contribution < 1.29 is 13.2 Å². The van der Waals surface area contributed by atoms with Gasteiger partial charge >= 0.3 is 0 Å². The van der Waals surface area contributed by atoms with Crippen molar-refractivity contribution in [2.45, 2.75) is 56.7 Å². The van der Waals surface area contributed by atoms with Crippen molar-refractivity contribution in [2.75, 3.05) is 13.1 Å². The number of piperidine rings is 1. The van der Waals surface area contributed by atoms with Crippen LogP contribution in [-0.2, 0) is 16.6 Å². The number of nitrogens with zero attached hydrogens (tertiary/aromatic N) is 3. The van der Waals surface area contributed by atoms with Gasteiger partial charge in [0.25, 0.3) is 5.91 Å². The molecule has 1 aromatic heterocycles. The maximum absolute atomic E-state index is 13.7. The first kappa shape index (κ1) is 28.4. The molecular weight excluding hydrogens is 581 g/mol. The first-order valence-corrected chi connectivity index (χ1v) is 15.8. The molecular formula is C27H30Cl3N5O3S. The molecule has 0 radical (unpaired) electrons. The standard InChI is InChI=1S/C27H30Cl3N5O3S/c28-19-10-8-18(9-11-19)26-22(17-31-39(37,38)21-6-2-3-7-21)25(27(36)33-34-14-4-1-5-15-34)32-35(26)24-13-12-20(29)16-23(24)30/h8-13,16,21,31H,1-7,14-15,17H2,(H,33,36). The lowest BCUT2D eigenvalue weighted by molar-refractivity contribution is 0.0743. The van der Waals surface area contributed by atoms with Gasteiger partial charge in [-0.3, -0.25) is 10.2 Å². The number of sulfonamides is 1. The molecule has 1 aliphatic carbocycles. The van der Waals surface area contributed by atoms with Gasteiger partial charge < -0.3 is 0 Å². The van der Waals surface area contributed by atoms with Crippen molar-refractivity contribution in [1.29, 1.82) is 0 Å². The second-order valence-corrected chi connectivity index (χ2v) is 13.3. The third-order valence-electron chi connectivity index (χ3n) is 7.26. The number of aromatic nitrogens is 2. The highest BCUT2D eigenvalue weighted by Gasteiger charge is 2.31. The van der Waals surface area contributed by atoms with Crippen molar-refractivity contribution in [3.8, 4) is 16.9 Å². The van der Waals surface area contributed by atoms with Crippen LogP contribution in [0.15, 0.2) is 42.5 Å². The molecule has 8 nitrogen and oxygen atoms in total. The molecule has 39 heavy (non-hydrogen) atoms. The van der Waals surface area contributed by atoms with Crippen LogP contribution in [0.1, 0.15) is 61.0 Å². The summed E-state index contributed by atoms with van der Waals surface area (Å²) >= 11 is 18.9. The molecule has 0 spiro atoms. The van der Waals surface area contributed by atoms with Crippen LogP contribution >= 0.6 is 34.8 Å². The van der Waals surface area contributed by atoms with E-state index in [1.54, 1.807) is 47.1 Å². The number of carbonyl (C=O) groups excluding carboxylic acids is 1. The number of hydrogen-bond donors (Lipinski definition) is 2. The highest BCUT2D eigenvalue weighted by Crippen LogP contribution is 2.34. The van der Waals surface area contributed by atoms with E-state index < -0.39 is 21.2 Å². The van der Waals surface area contributed by atoms with Gasteiger partial charge in [0, 0.05) is 40.8 Å². The van der Waals surface area contributed by atoms with Crippen LogP contribution in [0.2, 0.25) is 15.1 Å². The summed E-state index contributed by atoms with van der Waals surface area (Å²) in [5, 5.41) is 7.49. The Balaban J connectivity index is 1.63. The van der Waals surface area contributed by atoms with Crippen molar-refractivity contribution in [3.63, 3.8) is 0 Å². The molecule has 0 unspecified atom stereocenters. The van der Waals surface area contributed by atoms with Gasteiger partial charge in [0.1, 0.15) is 0 Å². The monoisotopic (exact) mass is 609 g/mol. The molecule has 208 valence electrons. The van der Waals surface area contributed by atoms with Crippen molar-refractivity contribution in [1.82, 2.24) is 24.9 Å². The second-order valence-electron chi connectivity index (χ2n) is 9.95. The molecule has 2 N–H and O–H groups in total. The lowest BCUT2D eigenvalue weighted by atomic mass is 10.0. The minimum Gasteiger partial charge on any atom is -0.283 e. The van der Waals surface area contributed by atoms with E-state index in [0.29, 0.717) is 50.4 Å². The van der Waals surface area contributed by atoms with E-state index in [1.807, 2.05) is 5.01 Å². The van der Waals surface area contributed by atoms with Gasteiger partial charge in [-0.25, -0.2) is 22.8 Å². The Hall–Kier alpha value is -2.14. The third kappa shape index (κ3) is 6.45. The van der Waals surface area contributed by atoms with Gasteiger partial charge in [0.2, 0.25) is 10.0 Å². The summed E-state index contributed by atoms with van der Waals surface area (Å²) in [7, 11) is -3.60. The molecule has 1 aliphatic heterocycles. The van der Waals surface area contributed by atoms with Crippen molar-refractivity contribution >= 4 is 50.7 Å². The minimum atomic E-state index is -3.60. The number of benzene rings is 2. The zero-order valence-corrected chi connectivity index (χ0v) is 24.4. The Morgan fingerprint density at radius 1 is 0.923 bits per heavy atom. The summed E-state index contributed by atoms with van der Waals surface area (Å²) < 4.78 is 30.7. The number of carbonyl (C=O) groups is 1. The van der Waals surface area contributed by atoms with Crippen LogP contribution in [0.25, 0.3) is 16.9 Å². The fourth-order valence-corrected chi connectivity index (χ4v) is 7.37. The highest BCUT2D eigenvalue weighted by atomic mass is 35.5. The molecule has 1 amide bonds. The first-order chi connectivity index (χ1) is 18.7. The molecule has 2 fully saturated rings. The SMILES string of the molecule is O=C(NN1CCCCC1)c1nn(-c2ccc(Cl)cc2Cl)c(-c2ccc(Cl)cc2)c1CNS(=O)(=O)C1CCCC1. The predicted molar refractivity (Wildman–Crippen MR) is 155 cm³/mol. The third-order valence-corrected chi connectivity index (χ3v) is 9.95. The van der Waals surface area contributed by atoms with Crippen LogP contribution in [0.3, 0.4) is 0 Å². The van der Waals surface area contributed by atoms with Crippen LogP contribution in [0.4, 0.5) is 0 Å². The Labute approximate surface area is 243 Å². The van der Waals surface area contributed by atoms with E-state index in [0.717, 1.165) is 45.2 Å². The summed E-state index contributed by atoms with van der Waals surface area (Å²) in [6.45, 7) is 1.37. The average molecular weight is 611 g/mol. The molecule has 2 heterocycles. The van der Waals surface area contributed by atoms with Gasteiger partial charge in [0.15, 0.2) is 5.69 Å². The minimum absolute atomic E-state index is 0.106. The lowest BCUT2D eigenvalue weighted by Crippen LogP contribution is -2.45. The van der Waals surface area contributed by atoms with Gasteiger partial charge in [-0.1, -0.05) is 66.2 Å². The number of rotatable bonds is 8. The van der Waals surface area contributed by atoms with Gasteiger partial charge in [-0.05, 0) is 56.0 Å². The maximum Gasteiger partial charge on any atom is 0.286 e. The summed E-state index contributed by atoms with van der Waals surface area (Å²) in [4.78, 5) is 13.7. The molecule has 1 saturated carbocycles. The van der Waals surface area contributed by atoms with Crippen LogP contribution in [-0.4, -0.2) is 47.5 Å². The molecule has 1 saturated heterocycles. The van der Waals surface area contributed by atoms with Crippen molar-refractivity contribution in [3.05, 3.63) is 68.8 Å². The lowest BCUT2D eigenvalue weighted by Gasteiger charge is -2.26. The molecule has 12 heteroatoms. The zero-order chi connectivity index (χ0) is 27.6. The summed E-state index contributed by atoms with van der Waals surface area (Å²) in [6.07, 6.45) is 6.11. The Morgan fingerprint density at radius 3 is 2.26 bits per heavy atom. The van der Waals surface area contributed by atoms with Gasteiger partial charge in [-0.15, -0.1) is 0 Å². The Morgan fingerprint density at radius 2 is 1.59 bits per heavy atom. The highest BCUT2D eigenvalue weighted by molar-refractivity contribution is 7.90. The van der Waals surface area contributed by atoms with E-state index in [4.69, 9.17) is 39.9 Å². The summed E-state index contributed by atoms with van der Waals surface area (Å²) in [5.41, 5.74) is 5.27. The average Bonchev–Trinajstić information content (AvgIpc) is 3.58. The molecule has 5 rings (SSSR count). The van der Waals surface area contributed by atoms with Gasteiger partial charge in [-0.2, -0.15) is 5.10 Å². The number of halogens is 3. The normalized spacial score (nSPS) is 17.0. The quantitative estimate of drug-likeness (QED) is 0.327. The van der Waals surface area contributed by atoms with E-state index in [9.17, 15) is 13.2 Å². The van der Waals surface area contributed by atoms with Crippen LogP contribution in [0.5, 0.6) is 0 Å². The Bertz CT molecular complexity index is 1450. The Kier molecular flexibility index (Phi) is 8.85. The molecule has 2 aliphatic rings. The number of hydrogen-bond acceptors (Lipinski definition) is 5. The first-order valence-electron chi connectivity index (χ1n) is 13.1. The largest absolute Gasteiger partial charge is 0.286 e. The second kappa shape index (κ2) is 12.2. The van der Waals surface area contributed by atoms with E-state index in [1.165, 1.54) is 0 Å². The predicted octanol–water partition coefficient (Wildman–Crippen LogP) is 5.99. The zero-order valence-electron chi connectivity index (χ0n) is 21.3. The molecule has 2 aromatic carbocycles. The van der Waals surface area contributed by atoms with E-state index in [2.05, 4.69) is 10.1 Å². The number of amides is 1. The van der Waals surface area contributed by atoms with Gasteiger partial charge in [0.05, 0.1) is 21.7 Å². The van der Waals surface area contributed by atoms with Crippen LogP contribution < -0.4 is 10.1 Å². The fourth-order valence-electron chi connectivity index (χ4n) is 5.22. The molecule has 3 aromatic rings. The van der Waals surface area contributed by atoms with E-state index in [-0.39, 0.29) is 12.2 Å². The molecule has 0 atom stereocenters. The summed E-state index contributed by atoms with van der Waals surface area (Å²) in [5.74, 6) is -0.411. The van der Waals surface area contributed by atoms with Crippen LogP contribution in [0, 0.1) is 0 Å². The summed E-state index contributed by atoms with van der Waals surface area (Å²) in [6, 6.07) is 12.1. The smallest absolute Gasteiger partial charge is 0.283 e. The van der Waals surface area contributed by atoms with E-state index >= 15 is 0 Å². The topological polar surface area (TPSA) is 96.3 Å².